The summed E-state index contributed by atoms with van der Waals surface area (Å²) in [6, 6.07) is -0.628. The molecule has 0 saturated heterocycles. The van der Waals surface area contributed by atoms with Crippen LogP contribution in [0.2, 0.25) is 0 Å². The van der Waals surface area contributed by atoms with Crippen LogP contribution < -0.4 is 5.32 Å². The minimum Gasteiger partial charge on any atom is -0.466 e. The molecule has 6 heteroatoms. The number of unbranched alkanes of at least 4 members (excludes halogenated alkanes) is 47. The molecule has 0 aromatic carbocycles. The molecule has 0 rings (SSSR count). The minimum atomic E-state index is -0.845. The molecule has 0 radical (unpaired) electrons. The second-order valence-corrected chi connectivity index (χ2v) is 22.1. The molecule has 6 nitrogen and oxygen atoms in total. The fraction of sp³-hybridized carbons (Fsp3) is 0.908. The third kappa shape index (κ3) is 57.5. The van der Waals surface area contributed by atoms with Gasteiger partial charge >= 0.3 is 5.97 Å². The van der Waals surface area contributed by atoms with Gasteiger partial charge in [-0.15, -0.1) is 0 Å². The van der Waals surface area contributed by atoms with Gasteiger partial charge in [-0.2, -0.15) is 0 Å². The summed E-state index contributed by atoms with van der Waals surface area (Å²) in [6.07, 6.45) is 75.1. The molecule has 3 N–H and O–H groups in total. The number of hydrogen-bond donors (Lipinski definition) is 3. The first-order chi connectivity index (χ1) is 35.0. The van der Waals surface area contributed by atoms with Gasteiger partial charge in [0.05, 0.1) is 25.4 Å². The Kier molecular flexibility index (Phi) is 59.5. The molecule has 2 unspecified atom stereocenters. The molecule has 420 valence electrons. The van der Waals surface area contributed by atoms with E-state index in [1.165, 1.54) is 283 Å². The van der Waals surface area contributed by atoms with Crippen molar-refractivity contribution >= 4 is 11.9 Å². The summed E-state index contributed by atoms with van der Waals surface area (Å²) >= 11 is 0. The van der Waals surface area contributed by atoms with E-state index < -0.39 is 12.1 Å². The molecule has 0 bridgehead atoms. The highest BCUT2D eigenvalue weighted by Gasteiger charge is 2.18. The number of rotatable bonds is 60. The van der Waals surface area contributed by atoms with Gasteiger partial charge in [-0.1, -0.05) is 314 Å². The first-order valence-electron chi connectivity index (χ1n) is 32.1. The molecular weight excluding hydrogens is 875 g/mol. The third-order valence-corrected chi connectivity index (χ3v) is 15.0. The number of aliphatic hydroxyl groups excluding tert-OH is 2. The average molecular weight is 1000 g/mol. The molecule has 0 aliphatic heterocycles. The van der Waals surface area contributed by atoms with Crippen molar-refractivity contribution in [3.63, 3.8) is 0 Å². The van der Waals surface area contributed by atoms with Crippen LogP contribution in [0.1, 0.15) is 354 Å². The lowest BCUT2D eigenvalue weighted by molar-refractivity contribution is -0.143. The van der Waals surface area contributed by atoms with Crippen molar-refractivity contribution in [2.24, 2.45) is 0 Å². The first-order valence-corrected chi connectivity index (χ1v) is 32.1. The summed E-state index contributed by atoms with van der Waals surface area (Å²) < 4.78 is 5.46. The Bertz CT molecular complexity index is 1110. The Labute approximate surface area is 443 Å². The summed E-state index contributed by atoms with van der Waals surface area (Å²) in [7, 11) is 0. The van der Waals surface area contributed by atoms with Crippen molar-refractivity contribution in [2.75, 3.05) is 13.2 Å². The number of esters is 1. The summed E-state index contributed by atoms with van der Waals surface area (Å²) in [5.74, 6) is -0.0611. The predicted octanol–water partition coefficient (Wildman–Crippen LogP) is 20.2. The lowest BCUT2D eigenvalue weighted by Crippen LogP contribution is -2.45. The van der Waals surface area contributed by atoms with Crippen LogP contribution in [0.5, 0.6) is 0 Å². The Hall–Kier alpha value is -1.66. The van der Waals surface area contributed by atoms with E-state index in [1.807, 2.05) is 6.08 Å². The van der Waals surface area contributed by atoms with Gasteiger partial charge in [0, 0.05) is 12.8 Å². The Morgan fingerprint density at radius 2 is 0.676 bits per heavy atom. The van der Waals surface area contributed by atoms with E-state index >= 15 is 0 Å². The van der Waals surface area contributed by atoms with Gasteiger partial charge in [0.2, 0.25) is 5.91 Å². The zero-order valence-corrected chi connectivity index (χ0v) is 48.0. The van der Waals surface area contributed by atoms with Crippen LogP contribution in [0, 0.1) is 0 Å². The summed E-state index contributed by atoms with van der Waals surface area (Å²) in [5.41, 5.74) is 0. The van der Waals surface area contributed by atoms with Gasteiger partial charge in [-0.3, -0.25) is 9.59 Å². The molecular formula is C65H125NO5. The smallest absolute Gasteiger partial charge is 0.305 e. The molecule has 0 spiro atoms. The van der Waals surface area contributed by atoms with E-state index in [9.17, 15) is 19.8 Å². The normalized spacial score (nSPS) is 12.7. The van der Waals surface area contributed by atoms with E-state index in [-0.39, 0.29) is 18.5 Å². The lowest BCUT2D eigenvalue weighted by Gasteiger charge is -2.20. The van der Waals surface area contributed by atoms with Crippen molar-refractivity contribution in [2.45, 2.75) is 366 Å². The number of ether oxygens (including phenoxy) is 1. The monoisotopic (exact) mass is 1000 g/mol. The van der Waals surface area contributed by atoms with Crippen LogP contribution in [-0.4, -0.2) is 47.4 Å². The van der Waals surface area contributed by atoms with E-state index in [1.54, 1.807) is 6.08 Å². The van der Waals surface area contributed by atoms with Crippen LogP contribution >= 0.6 is 0 Å². The first kappa shape index (κ1) is 69.3. The molecule has 1 amide bonds. The molecule has 0 aliphatic carbocycles. The van der Waals surface area contributed by atoms with E-state index in [4.69, 9.17) is 4.74 Å². The van der Waals surface area contributed by atoms with Crippen LogP contribution in [0.4, 0.5) is 0 Å². The van der Waals surface area contributed by atoms with Gasteiger partial charge < -0.3 is 20.3 Å². The number of hydrogen-bond acceptors (Lipinski definition) is 5. The predicted molar refractivity (Wildman–Crippen MR) is 310 cm³/mol. The van der Waals surface area contributed by atoms with Crippen LogP contribution in [0.25, 0.3) is 0 Å². The van der Waals surface area contributed by atoms with Crippen molar-refractivity contribution in [3.05, 3.63) is 24.3 Å². The number of amides is 1. The highest BCUT2D eigenvalue weighted by Crippen LogP contribution is 2.18. The van der Waals surface area contributed by atoms with E-state index in [0.29, 0.717) is 19.4 Å². The second kappa shape index (κ2) is 60.9. The fourth-order valence-electron chi connectivity index (χ4n) is 10.0. The third-order valence-electron chi connectivity index (χ3n) is 15.0. The van der Waals surface area contributed by atoms with Gasteiger partial charge in [-0.05, 0) is 51.4 Å². The maximum absolute atomic E-state index is 12.5. The molecule has 71 heavy (non-hydrogen) atoms. The number of allylic oxidation sites excluding steroid dienone is 3. The van der Waals surface area contributed by atoms with Crippen molar-refractivity contribution in [1.29, 1.82) is 0 Å². The number of aliphatic hydroxyl groups is 2. The zero-order chi connectivity index (χ0) is 51.4. The highest BCUT2D eigenvalue weighted by atomic mass is 16.5. The van der Waals surface area contributed by atoms with E-state index in [0.717, 1.165) is 44.9 Å². The maximum Gasteiger partial charge on any atom is 0.305 e. The SMILES string of the molecule is CCCC/C=C\CCCCCCCC(=O)OCCCCCCCCCCCCCCCCCCCCCCCCCC(=O)NC(CO)C(O)/C=C/CCCCCCCCCCCCCCCCCCCC. The number of nitrogens with one attached hydrogen (secondary N) is 1. The molecule has 0 aliphatic rings. The Balaban J connectivity index is 3.41. The topological polar surface area (TPSA) is 95.9 Å². The highest BCUT2D eigenvalue weighted by molar-refractivity contribution is 5.76. The Morgan fingerprint density at radius 3 is 1.04 bits per heavy atom. The van der Waals surface area contributed by atoms with Gasteiger partial charge in [-0.25, -0.2) is 0 Å². The lowest BCUT2D eigenvalue weighted by atomic mass is 10.0. The summed E-state index contributed by atoms with van der Waals surface area (Å²) in [6.45, 7) is 4.89. The van der Waals surface area contributed by atoms with Crippen LogP contribution in [-0.2, 0) is 14.3 Å². The molecule has 0 saturated carbocycles. The minimum absolute atomic E-state index is 0.00318. The van der Waals surface area contributed by atoms with Crippen molar-refractivity contribution in [3.8, 4) is 0 Å². The number of carbonyl (C=O) groups is 2. The molecule has 0 aromatic heterocycles. The number of carbonyl (C=O) groups excluding carboxylic acids is 2. The van der Waals surface area contributed by atoms with Crippen LogP contribution in [0.3, 0.4) is 0 Å². The molecule has 0 fully saturated rings. The zero-order valence-electron chi connectivity index (χ0n) is 48.0. The quantitative estimate of drug-likeness (QED) is 0.0320. The fourth-order valence-corrected chi connectivity index (χ4v) is 10.0. The Morgan fingerprint density at radius 1 is 0.380 bits per heavy atom. The summed E-state index contributed by atoms with van der Waals surface area (Å²) in [5, 5.41) is 23.2. The second-order valence-electron chi connectivity index (χ2n) is 22.1. The molecule has 2 atom stereocenters. The van der Waals surface area contributed by atoms with Crippen molar-refractivity contribution < 1.29 is 24.5 Å². The molecule has 0 aromatic rings. The van der Waals surface area contributed by atoms with Crippen molar-refractivity contribution in [1.82, 2.24) is 5.32 Å². The molecule has 0 heterocycles. The van der Waals surface area contributed by atoms with Gasteiger partial charge in [0.25, 0.3) is 0 Å². The maximum atomic E-state index is 12.5. The van der Waals surface area contributed by atoms with Crippen LogP contribution in [0.15, 0.2) is 24.3 Å². The largest absolute Gasteiger partial charge is 0.466 e. The van der Waals surface area contributed by atoms with Gasteiger partial charge in [0.15, 0.2) is 0 Å². The average Bonchev–Trinajstić information content (AvgIpc) is 3.37. The standard InChI is InChI=1S/C65H125NO5/c1-3-5-7-9-11-13-15-16-17-18-19-25-28-31-34-38-41-45-49-53-57-63(68)62(61-67)66-64(69)58-54-50-46-42-39-35-32-29-26-23-21-20-22-24-27-30-33-36-40-44-48-52-56-60-71-65(70)59-55-51-47-43-37-14-12-10-8-6-4-2/h10,12,53,57,62-63,67-68H,3-9,11,13-52,54-56,58-61H2,1-2H3,(H,66,69)/b12-10-,57-53+. The van der Waals surface area contributed by atoms with E-state index in [2.05, 4.69) is 31.3 Å². The summed E-state index contributed by atoms with van der Waals surface area (Å²) in [4.78, 5) is 24.5. The van der Waals surface area contributed by atoms with Gasteiger partial charge in [0.1, 0.15) is 0 Å².